The second-order valence-electron chi connectivity index (χ2n) is 8.50. The molecule has 1 amide bonds. The number of halogens is 2. The van der Waals surface area contributed by atoms with E-state index in [0.717, 1.165) is 34.8 Å². The fourth-order valence-corrected chi connectivity index (χ4v) is 4.68. The van der Waals surface area contributed by atoms with Gasteiger partial charge >= 0.3 is 0 Å². The maximum Gasteiger partial charge on any atom is 0.261 e. The molecule has 0 aliphatic carbocycles. The number of fused-ring (bicyclic) bond motifs is 1. The first-order valence-electron chi connectivity index (χ1n) is 11.4. The Labute approximate surface area is 217 Å². The third-order valence-electron chi connectivity index (χ3n) is 6.15. The Morgan fingerprint density at radius 1 is 1.08 bits per heavy atom. The van der Waals surface area contributed by atoms with Crippen LogP contribution in [0.1, 0.15) is 39.9 Å². The van der Waals surface area contributed by atoms with Crippen molar-refractivity contribution in [3.05, 3.63) is 81.1 Å². The lowest BCUT2D eigenvalue weighted by Gasteiger charge is -2.08. The van der Waals surface area contributed by atoms with Crippen LogP contribution in [0.4, 0.5) is 5.69 Å². The highest BCUT2D eigenvalue weighted by Crippen LogP contribution is 2.27. The van der Waals surface area contributed by atoms with Crippen LogP contribution in [0.5, 0.6) is 0 Å². The van der Waals surface area contributed by atoms with Crippen LogP contribution in [-0.2, 0) is 13.1 Å². The first-order valence-corrected chi connectivity index (χ1v) is 12.2. The predicted octanol–water partition coefficient (Wildman–Crippen LogP) is 5.34. The summed E-state index contributed by atoms with van der Waals surface area (Å²) >= 11 is 12.4. The molecule has 0 bridgehead atoms. The molecule has 1 N–H and O–H groups in total. The number of aromatic nitrogens is 7. The van der Waals surface area contributed by atoms with E-state index in [1.165, 1.54) is 6.20 Å². The Balaban J connectivity index is 1.44. The molecule has 5 aromatic rings. The van der Waals surface area contributed by atoms with Crippen LogP contribution in [0.3, 0.4) is 0 Å². The Kier molecular flexibility index (Phi) is 6.27. The van der Waals surface area contributed by atoms with Crippen LogP contribution >= 0.6 is 23.2 Å². The topological polar surface area (TPSA) is 94.9 Å². The van der Waals surface area contributed by atoms with Gasteiger partial charge in [-0.15, -0.1) is 0 Å². The first kappa shape index (κ1) is 24.0. The van der Waals surface area contributed by atoms with Gasteiger partial charge in [-0.2, -0.15) is 15.3 Å². The molecule has 9 nitrogen and oxygen atoms in total. The molecule has 0 spiro atoms. The molecule has 5 rings (SSSR count). The van der Waals surface area contributed by atoms with Gasteiger partial charge in [-0.1, -0.05) is 29.3 Å². The SMILES string of the molecule is CCn1cc(-c2ccnc3c(C(=O)Nc4c(C)nn(Cc5ccc(Cl)cc5Cl)c4C)cnn23)c(C)n1. The number of benzene rings is 1. The smallest absolute Gasteiger partial charge is 0.261 e. The second kappa shape index (κ2) is 9.40. The summed E-state index contributed by atoms with van der Waals surface area (Å²) in [5.41, 5.74) is 6.48. The highest BCUT2D eigenvalue weighted by Gasteiger charge is 2.21. The number of rotatable bonds is 6. The number of carbonyl (C=O) groups excluding carboxylic acids is 1. The number of hydrogen-bond donors (Lipinski definition) is 1. The van der Waals surface area contributed by atoms with E-state index in [1.54, 1.807) is 27.5 Å². The maximum absolute atomic E-state index is 13.3. The van der Waals surface area contributed by atoms with Crippen molar-refractivity contribution in [1.82, 2.24) is 34.2 Å². The molecular weight excluding hydrogens is 499 g/mol. The summed E-state index contributed by atoms with van der Waals surface area (Å²) in [6.07, 6.45) is 5.18. The number of carbonyl (C=O) groups is 1. The van der Waals surface area contributed by atoms with Gasteiger partial charge in [0.25, 0.3) is 5.91 Å². The fraction of sp³-hybridized carbons (Fsp3) is 0.240. The van der Waals surface area contributed by atoms with E-state index in [-0.39, 0.29) is 5.91 Å². The minimum Gasteiger partial charge on any atom is -0.319 e. The predicted molar refractivity (Wildman–Crippen MR) is 140 cm³/mol. The normalized spacial score (nSPS) is 11.4. The van der Waals surface area contributed by atoms with Crippen LogP contribution in [0, 0.1) is 20.8 Å². The van der Waals surface area contributed by atoms with E-state index in [1.807, 2.05) is 50.7 Å². The van der Waals surface area contributed by atoms with Crippen LogP contribution in [0.15, 0.2) is 42.9 Å². The quantitative estimate of drug-likeness (QED) is 0.324. The minimum atomic E-state index is -0.314. The molecule has 0 saturated heterocycles. The van der Waals surface area contributed by atoms with Gasteiger partial charge < -0.3 is 5.32 Å². The molecule has 0 atom stereocenters. The molecule has 0 radical (unpaired) electrons. The highest BCUT2D eigenvalue weighted by atomic mass is 35.5. The number of hydrogen-bond acceptors (Lipinski definition) is 5. The first-order chi connectivity index (χ1) is 17.3. The standard InChI is InChI=1S/C25H24Cl2N8O/c1-5-33-13-20(14(2)31-33)22-8-9-28-24-19(11-29-35(22)24)25(36)30-23-15(3)32-34(16(23)4)12-17-6-7-18(26)10-21(17)27/h6-11,13H,5,12H2,1-4H3,(H,30,36). The molecule has 36 heavy (non-hydrogen) atoms. The lowest BCUT2D eigenvalue weighted by atomic mass is 10.2. The Morgan fingerprint density at radius 3 is 2.61 bits per heavy atom. The zero-order valence-electron chi connectivity index (χ0n) is 20.3. The third-order valence-corrected chi connectivity index (χ3v) is 6.73. The van der Waals surface area contributed by atoms with Gasteiger partial charge in [0.15, 0.2) is 5.65 Å². The van der Waals surface area contributed by atoms with Crippen molar-refractivity contribution in [1.29, 1.82) is 0 Å². The summed E-state index contributed by atoms with van der Waals surface area (Å²) in [5, 5.41) is 17.7. The van der Waals surface area contributed by atoms with Crippen LogP contribution in [0.2, 0.25) is 10.0 Å². The average Bonchev–Trinajstić information content (AvgIpc) is 3.52. The molecule has 0 unspecified atom stereocenters. The van der Waals surface area contributed by atoms with Gasteiger partial charge in [-0.3, -0.25) is 14.2 Å². The number of amides is 1. The summed E-state index contributed by atoms with van der Waals surface area (Å²) in [6, 6.07) is 7.23. The van der Waals surface area contributed by atoms with E-state index in [0.29, 0.717) is 39.2 Å². The van der Waals surface area contributed by atoms with E-state index >= 15 is 0 Å². The van der Waals surface area contributed by atoms with Crippen molar-refractivity contribution in [3.63, 3.8) is 0 Å². The van der Waals surface area contributed by atoms with Crippen molar-refractivity contribution < 1.29 is 4.79 Å². The van der Waals surface area contributed by atoms with Gasteiger partial charge in [0.05, 0.1) is 41.2 Å². The number of anilines is 1. The van der Waals surface area contributed by atoms with Gasteiger partial charge in [0.1, 0.15) is 5.56 Å². The Morgan fingerprint density at radius 2 is 1.89 bits per heavy atom. The highest BCUT2D eigenvalue weighted by molar-refractivity contribution is 6.35. The number of nitrogens with one attached hydrogen (secondary N) is 1. The lowest BCUT2D eigenvalue weighted by Crippen LogP contribution is -2.13. The summed E-state index contributed by atoms with van der Waals surface area (Å²) in [4.78, 5) is 17.8. The van der Waals surface area contributed by atoms with Gasteiger partial charge in [0, 0.05) is 34.5 Å². The molecular formula is C25H24Cl2N8O. The Hall–Kier alpha value is -3.69. The minimum absolute atomic E-state index is 0.314. The molecule has 4 heterocycles. The molecule has 0 saturated carbocycles. The van der Waals surface area contributed by atoms with Crippen molar-refractivity contribution in [3.8, 4) is 11.3 Å². The molecule has 0 aliphatic rings. The summed E-state index contributed by atoms with van der Waals surface area (Å²) in [7, 11) is 0. The van der Waals surface area contributed by atoms with Crippen LogP contribution < -0.4 is 5.32 Å². The molecule has 0 fully saturated rings. The Bertz CT molecular complexity index is 1610. The summed E-state index contributed by atoms with van der Waals surface area (Å²) in [6.45, 7) is 8.95. The van der Waals surface area contributed by atoms with Crippen LogP contribution in [-0.4, -0.2) is 40.1 Å². The maximum atomic E-state index is 13.3. The molecule has 4 aromatic heterocycles. The van der Waals surface area contributed by atoms with Gasteiger partial charge in [0.2, 0.25) is 0 Å². The van der Waals surface area contributed by atoms with Crippen molar-refractivity contribution in [2.24, 2.45) is 0 Å². The van der Waals surface area contributed by atoms with Crippen molar-refractivity contribution in [2.75, 3.05) is 5.32 Å². The monoisotopic (exact) mass is 522 g/mol. The number of aryl methyl sites for hydroxylation is 3. The van der Waals surface area contributed by atoms with E-state index < -0.39 is 0 Å². The van der Waals surface area contributed by atoms with Gasteiger partial charge in [-0.05, 0) is 51.5 Å². The van der Waals surface area contributed by atoms with Crippen LogP contribution in [0.25, 0.3) is 16.9 Å². The van der Waals surface area contributed by atoms with E-state index in [2.05, 4.69) is 25.6 Å². The zero-order valence-corrected chi connectivity index (χ0v) is 21.8. The molecule has 11 heteroatoms. The molecule has 1 aromatic carbocycles. The molecule has 184 valence electrons. The second-order valence-corrected chi connectivity index (χ2v) is 9.34. The van der Waals surface area contributed by atoms with Crippen molar-refractivity contribution >= 4 is 40.4 Å². The largest absolute Gasteiger partial charge is 0.319 e. The van der Waals surface area contributed by atoms with Gasteiger partial charge in [-0.25, -0.2) is 9.50 Å². The third kappa shape index (κ3) is 4.25. The average molecular weight is 523 g/mol. The summed E-state index contributed by atoms with van der Waals surface area (Å²) < 4.78 is 5.35. The number of nitrogens with zero attached hydrogens (tertiary/aromatic N) is 7. The van der Waals surface area contributed by atoms with E-state index in [4.69, 9.17) is 23.2 Å². The molecule has 0 aliphatic heterocycles. The summed E-state index contributed by atoms with van der Waals surface area (Å²) in [5.74, 6) is -0.314. The lowest BCUT2D eigenvalue weighted by molar-refractivity contribution is 0.102. The fourth-order valence-electron chi connectivity index (χ4n) is 4.21. The van der Waals surface area contributed by atoms with Crippen molar-refractivity contribution in [2.45, 2.75) is 40.8 Å². The van der Waals surface area contributed by atoms with E-state index in [9.17, 15) is 4.79 Å². The zero-order chi connectivity index (χ0) is 25.6.